The molecule has 0 bridgehead atoms. The van der Waals surface area contributed by atoms with Crippen molar-refractivity contribution in [3.05, 3.63) is 29.8 Å². The molecular weight excluding hydrogens is 340 g/mol. The Morgan fingerprint density at radius 1 is 1.30 bits per heavy atom. The van der Waals surface area contributed by atoms with Gasteiger partial charge in [-0.3, -0.25) is 9.89 Å². The summed E-state index contributed by atoms with van der Waals surface area (Å²) >= 11 is 0. The van der Waals surface area contributed by atoms with Crippen LogP contribution in [0.15, 0.2) is 29.3 Å². The largest absolute Gasteiger partial charge is 0.492 e. The Balaban J connectivity index is 1.74. The number of guanidine groups is 1. The molecule has 2 N–H and O–H groups in total. The van der Waals surface area contributed by atoms with Crippen LogP contribution in [0.1, 0.15) is 32.3 Å². The third-order valence-electron chi connectivity index (χ3n) is 4.79. The second-order valence-corrected chi connectivity index (χ2v) is 7.52. The van der Waals surface area contributed by atoms with Gasteiger partial charge in [-0.2, -0.15) is 0 Å². The summed E-state index contributed by atoms with van der Waals surface area (Å²) in [6.07, 6.45) is 2.23. The van der Waals surface area contributed by atoms with E-state index >= 15 is 0 Å². The van der Waals surface area contributed by atoms with Crippen molar-refractivity contribution in [3.63, 3.8) is 0 Å². The Bertz CT molecular complexity index is 571. The molecule has 0 spiro atoms. The van der Waals surface area contributed by atoms with Crippen molar-refractivity contribution in [1.29, 1.82) is 0 Å². The highest BCUT2D eigenvalue weighted by Crippen LogP contribution is 2.15. The van der Waals surface area contributed by atoms with Crippen LogP contribution in [-0.4, -0.2) is 63.9 Å². The lowest BCUT2D eigenvalue weighted by Crippen LogP contribution is -2.38. The van der Waals surface area contributed by atoms with Crippen molar-refractivity contribution in [3.8, 4) is 5.75 Å². The van der Waals surface area contributed by atoms with E-state index in [0.717, 1.165) is 57.4 Å². The zero-order valence-corrected chi connectivity index (χ0v) is 17.3. The molecule has 27 heavy (non-hydrogen) atoms. The molecule has 0 atom stereocenters. The summed E-state index contributed by atoms with van der Waals surface area (Å²) in [5, 5.41) is 6.67. The molecule has 6 heteroatoms. The molecular formula is C21H36N4O2. The van der Waals surface area contributed by atoms with Crippen molar-refractivity contribution < 1.29 is 9.47 Å². The molecule has 0 unspecified atom stereocenters. The Kier molecular flexibility index (Phi) is 9.42. The van der Waals surface area contributed by atoms with E-state index in [1.165, 1.54) is 5.56 Å². The van der Waals surface area contributed by atoms with E-state index in [2.05, 4.69) is 53.6 Å². The molecule has 0 radical (unpaired) electrons. The van der Waals surface area contributed by atoms with Crippen molar-refractivity contribution in [2.45, 2.75) is 39.3 Å². The number of likely N-dealkylation sites (N-methyl/N-ethyl adjacent to an activating group) is 1. The molecule has 6 nitrogen and oxygen atoms in total. The summed E-state index contributed by atoms with van der Waals surface area (Å²) in [5.41, 5.74) is 1.18. The third-order valence-corrected chi connectivity index (χ3v) is 4.79. The van der Waals surface area contributed by atoms with Gasteiger partial charge in [0.2, 0.25) is 0 Å². The highest BCUT2D eigenvalue weighted by atomic mass is 16.5. The highest BCUT2D eigenvalue weighted by molar-refractivity contribution is 5.79. The number of hydrogen-bond acceptors (Lipinski definition) is 4. The van der Waals surface area contributed by atoms with E-state index < -0.39 is 0 Å². The van der Waals surface area contributed by atoms with Gasteiger partial charge >= 0.3 is 0 Å². The van der Waals surface area contributed by atoms with Crippen molar-refractivity contribution >= 4 is 5.96 Å². The molecule has 1 aliphatic rings. The Labute approximate surface area is 164 Å². The van der Waals surface area contributed by atoms with Crippen molar-refractivity contribution in [1.82, 2.24) is 15.5 Å². The van der Waals surface area contributed by atoms with Gasteiger partial charge in [0.15, 0.2) is 5.96 Å². The van der Waals surface area contributed by atoms with Crippen molar-refractivity contribution in [2.24, 2.45) is 10.9 Å². The molecule has 1 fully saturated rings. The van der Waals surface area contributed by atoms with Crippen LogP contribution < -0.4 is 15.4 Å². The molecule has 1 saturated heterocycles. The zero-order chi connectivity index (χ0) is 19.5. The lowest BCUT2D eigenvalue weighted by molar-refractivity contribution is 0.0392. The first-order valence-electron chi connectivity index (χ1n) is 10.0. The Hall–Kier alpha value is -1.79. The molecule has 0 amide bonds. The average Bonchev–Trinajstić information content (AvgIpc) is 2.69. The van der Waals surface area contributed by atoms with Crippen LogP contribution in [0.5, 0.6) is 5.75 Å². The SMILES string of the molecule is CN=C(NCc1cccc(OCCN(C)C2CCOCC2)c1)NCC(C)C. The molecule has 0 saturated carbocycles. The molecule has 152 valence electrons. The quantitative estimate of drug-likeness (QED) is 0.512. The van der Waals surface area contributed by atoms with E-state index in [1.54, 1.807) is 7.05 Å². The number of benzene rings is 1. The van der Waals surface area contributed by atoms with Crippen molar-refractivity contribution in [2.75, 3.05) is 47.0 Å². The van der Waals surface area contributed by atoms with E-state index in [1.807, 2.05) is 12.1 Å². The van der Waals surface area contributed by atoms with E-state index in [4.69, 9.17) is 9.47 Å². The van der Waals surface area contributed by atoms with Crippen LogP contribution in [0.4, 0.5) is 0 Å². The maximum Gasteiger partial charge on any atom is 0.191 e. The smallest absolute Gasteiger partial charge is 0.191 e. The number of hydrogen-bond donors (Lipinski definition) is 2. The van der Waals surface area contributed by atoms with Gasteiger partial charge in [0, 0.05) is 45.9 Å². The van der Waals surface area contributed by atoms with Gasteiger partial charge < -0.3 is 20.1 Å². The summed E-state index contributed by atoms with van der Waals surface area (Å²) < 4.78 is 11.4. The van der Waals surface area contributed by atoms with Crippen LogP contribution in [0.3, 0.4) is 0 Å². The van der Waals surface area contributed by atoms with Crippen LogP contribution in [0.2, 0.25) is 0 Å². The summed E-state index contributed by atoms with van der Waals surface area (Å²) in [6.45, 7) is 9.36. The maximum absolute atomic E-state index is 5.97. The first-order valence-corrected chi connectivity index (χ1v) is 10.0. The minimum atomic E-state index is 0.583. The standard InChI is InChI=1S/C21H36N4O2/c1-17(2)15-23-21(22-3)24-16-18-6-5-7-20(14-18)27-13-10-25(4)19-8-11-26-12-9-19/h5-7,14,17,19H,8-13,15-16H2,1-4H3,(H2,22,23,24). The summed E-state index contributed by atoms with van der Waals surface area (Å²) in [5.74, 6) is 2.33. The lowest BCUT2D eigenvalue weighted by atomic mass is 10.1. The summed E-state index contributed by atoms with van der Waals surface area (Å²) in [6, 6.07) is 8.87. The first-order chi connectivity index (χ1) is 13.1. The fourth-order valence-electron chi connectivity index (χ4n) is 3.07. The number of rotatable bonds is 9. The van der Waals surface area contributed by atoms with Gasteiger partial charge in [0.05, 0.1) is 0 Å². The topological polar surface area (TPSA) is 58.1 Å². The Morgan fingerprint density at radius 3 is 2.78 bits per heavy atom. The van der Waals surface area contributed by atoms with E-state index in [-0.39, 0.29) is 0 Å². The predicted molar refractivity (Wildman–Crippen MR) is 111 cm³/mol. The van der Waals surface area contributed by atoms with Crippen LogP contribution in [0.25, 0.3) is 0 Å². The number of ether oxygens (including phenoxy) is 2. The second kappa shape index (κ2) is 11.8. The average molecular weight is 377 g/mol. The molecule has 2 rings (SSSR count). The van der Waals surface area contributed by atoms with Gasteiger partial charge in [0.1, 0.15) is 12.4 Å². The maximum atomic E-state index is 5.97. The van der Waals surface area contributed by atoms with Gasteiger partial charge in [-0.05, 0) is 43.5 Å². The third kappa shape index (κ3) is 8.18. The molecule has 0 aromatic heterocycles. The highest BCUT2D eigenvalue weighted by Gasteiger charge is 2.17. The number of nitrogens with one attached hydrogen (secondary N) is 2. The molecule has 1 aromatic carbocycles. The minimum Gasteiger partial charge on any atom is -0.492 e. The van der Waals surface area contributed by atoms with Crippen LogP contribution in [-0.2, 0) is 11.3 Å². The van der Waals surface area contributed by atoms with E-state index in [9.17, 15) is 0 Å². The second-order valence-electron chi connectivity index (χ2n) is 7.52. The summed E-state index contributed by atoms with van der Waals surface area (Å²) in [4.78, 5) is 6.65. The fourth-order valence-corrected chi connectivity index (χ4v) is 3.07. The fraction of sp³-hybridized carbons (Fsp3) is 0.667. The lowest BCUT2D eigenvalue weighted by Gasteiger charge is -2.31. The minimum absolute atomic E-state index is 0.583. The molecule has 0 aliphatic carbocycles. The molecule has 1 heterocycles. The Morgan fingerprint density at radius 2 is 2.07 bits per heavy atom. The monoisotopic (exact) mass is 376 g/mol. The number of nitrogens with zero attached hydrogens (tertiary/aromatic N) is 2. The predicted octanol–water partition coefficient (Wildman–Crippen LogP) is 2.50. The van der Waals surface area contributed by atoms with Crippen LogP contribution in [0, 0.1) is 5.92 Å². The van der Waals surface area contributed by atoms with Gasteiger partial charge in [-0.15, -0.1) is 0 Å². The normalized spacial score (nSPS) is 16.0. The van der Waals surface area contributed by atoms with Crippen LogP contribution >= 0.6 is 0 Å². The molecule has 1 aromatic rings. The molecule has 1 aliphatic heterocycles. The van der Waals surface area contributed by atoms with E-state index in [0.29, 0.717) is 18.6 Å². The summed E-state index contributed by atoms with van der Waals surface area (Å²) in [7, 11) is 3.97. The number of aliphatic imine (C=N–C) groups is 1. The van der Waals surface area contributed by atoms with Gasteiger partial charge in [0.25, 0.3) is 0 Å². The van der Waals surface area contributed by atoms with Gasteiger partial charge in [-0.1, -0.05) is 26.0 Å². The van der Waals surface area contributed by atoms with Gasteiger partial charge in [-0.25, -0.2) is 0 Å². The first kappa shape index (κ1) is 21.5. The zero-order valence-electron chi connectivity index (χ0n) is 17.3.